The maximum absolute atomic E-state index is 12.9. The largest absolute Gasteiger partial charge is 0.369 e. The third-order valence-electron chi connectivity index (χ3n) is 5.35. The van der Waals surface area contributed by atoms with Gasteiger partial charge in [0.05, 0.1) is 10.4 Å². The highest BCUT2D eigenvalue weighted by atomic mass is 32.2. The lowest BCUT2D eigenvalue weighted by molar-refractivity contribution is 0.209. The predicted molar refractivity (Wildman–Crippen MR) is 110 cm³/mol. The minimum Gasteiger partial charge on any atom is -0.369 e. The fraction of sp³-hybridized carbons (Fsp3) is 0.333. The van der Waals surface area contributed by atoms with Gasteiger partial charge in [-0.1, -0.05) is 18.2 Å². The van der Waals surface area contributed by atoms with Gasteiger partial charge in [0.25, 0.3) is 10.0 Å². The van der Waals surface area contributed by atoms with Gasteiger partial charge >= 0.3 is 0 Å². The van der Waals surface area contributed by atoms with Crippen LogP contribution >= 0.6 is 0 Å². The lowest BCUT2D eigenvalue weighted by Gasteiger charge is -2.38. The van der Waals surface area contributed by atoms with E-state index in [1.807, 2.05) is 24.3 Å². The Morgan fingerprint density at radius 3 is 2.26 bits per heavy atom. The first-order valence-corrected chi connectivity index (χ1v) is 10.8. The highest BCUT2D eigenvalue weighted by Gasteiger charge is 2.21. The Labute approximate surface area is 160 Å². The zero-order valence-electron chi connectivity index (χ0n) is 15.7. The van der Waals surface area contributed by atoms with Crippen LogP contribution in [0.25, 0.3) is 10.9 Å². The van der Waals surface area contributed by atoms with E-state index in [4.69, 9.17) is 0 Å². The van der Waals surface area contributed by atoms with E-state index in [0.29, 0.717) is 16.5 Å². The lowest BCUT2D eigenvalue weighted by atomic mass is 10.2. The number of fused-ring (bicyclic) bond motifs is 1. The number of hydrogen-bond donors (Lipinski definition) is 0. The van der Waals surface area contributed by atoms with Crippen molar-refractivity contribution < 1.29 is 8.42 Å². The molecule has 1 saturated heterocycles. The van der Waals surface area contributed by atoms with E-state index in [2.05, 4.69) is 29.7 Å². The molecule has 6 heteroatoms. The van der Waals surface area contributed by atoms with E-state index < -0.39 is 10.0 Å². The van der Waals surface area contributed by atoms with Crippen LogP contribution in [0.5, 0.6) is 0 Å². The molecule has 0 radical (unpaired) electrons. The quantitative estimate of drug-likeness (QED) is 0.693. The summed E-state index contributed by atoms with van der Waals surface area (Å²) in [5.74, 6) is 0. The molecule has 142 valence electrons. The number of rotatable bonds is 4. The Morgan fingerprint density at radius 1 is 0.889 bits per heavy atom. The lowest BCUT2D eigenvalue weighted by Crippen LogP contribution is -2.48. The standard InChI is InChI=1S/C21H25N3O2S/c1-17(2)22-12-14-23(15-13-22)19-8-9-21-18(16-19)10-11-24(21)27(25,26)20-6-4-3-5-7-20/h3-11,16-17H,12-15H2,1-2H3. The Morgan fingerprint density at radius 2 is 1.59 bits per heavy atom. The van der Waals surface area contributed by atoms with Crippen LogP contribution in [0.15, 0.2) is 65.7 Å². The van der Waals surface area contributed by atoms with Crippen LogP contribution in [0.2, 0.25) is 0 Å². The van der Waals surface area contributed by atoms with Gasteiger partial charge in [-0.15, -0.1) is 0 Å². The summed E-state index contributed by atoms with van der Waals surface area (Å²) >= 11 is 0. The van der Waals surface area contributed by atoms with Gasteiger partial charge in [0, 0.05) is 49.5 Å². The molecule has 1 aliphatic heterocycles. The Balaban J connectivity index is 1.63. The highest BCUT2D eigenvalue weighted by molar-refractivity contribution is 7.90. The molecular formula is C21H25N3O2S. The first kappa shape index (κ1) is 18.1. The van der Waals surface area contributed by atoms with Gasteiger partial charge in [-0.3, -0.25) is 4.90 Å². The van der Waals surface area contributed by atoms with Crippen LogP contribution in [-0.2, 0) is 10.0 Å². The Bertz CT molecular complexity index is 1030. The van der Waals surface area contributed by atoms with Gasteiger partial charge in [0.1, 0.15) is 0 Å². The second kappa shape index (κ2) is 7.02. The maximum Gasteiger partial charge on any atom is 0.268 e. The van der Waals surface area contributed by atoms with Crippen molar-refractivity contribution in [3.05, 3.63) is 60.8 Å². The van der Waals surface area contributed by atoms with E-state index in [1.54, 1.807) is 30.5 Å². The van der Waals surface area contributed by atoms with Crippen LogP contribution in [0.4, 0.5) is 5.69 Å². The van der Waals surface area contributed by atoms with Crippen molar-refractivity contribution in [2.45, 2.75) is 24.8 Å². The number of piperazine rings is 1. The van der Waals surface area contributed by atoms with Crippen LogP contribution in [0, 0.1) is 0 Å². The number of hydrogen-bond acceptors (Lipinski definition) is 4. The van der Waals surface area contributed by atoms with Crippen LogP contribution in [0.1, 0.15) is 13.8 Å². The molecule has 1 fully saturated rings. The number of anilines is 1. The number of nitrogens with zero attached hydrogens (tertiary/aromatic N) is 3. The third kappa shape index (κ3) is 3.35. The van der Waals surface area contributed by atoms with E-state index in [9.17, 15) is 8.42 Å². The predicted octanol–water partition coefficient (Wildman–Crippen LogP) is 3.41. The molecule has 1 aromatic heterocycles. The van der Waals surface area contributed by atoms with Crippen molar-refractivity contribution in [2.24, 2.45) is 0 Å². The average molecular weight is 384 g/mol. The summed E-state index contributed by atoms with van der Waals surface area (Å²) in [4.78, 5) is 5.16. The monoisotopic (exact) mass is 383 g/mol. The van der Waals surface area contributed by atoms with E-state index in [0.717, 1.165) is 37.3 Å². The molecule has 3 aromatic rings. The molecule has 2 aromatic carbocycles. The molecule has 1 aliphatic rings. The fourth-order valence-corrected chi connectivity index (χ4v) is 5.09. The van der Waals surface area contributed by atoms with Crippen molar-refractivity contribution in [3.8, 4) is 0 Å². The summed E-state index contributed by atoms with van der Waals surface area (Å²) in [6.45, 7) is 8.56. The Hall–Kier alpha value is -2.31. The molecule has 27 heavy (non-hydrogen) atoms. The summed E-state index contributed by atoms with van der Waals surface area (Å²) < 4.78 is 27.3. The molecule has 0 atom stereocenters. The number of benzene rings is 2. The zero-order chi connectivity index (χ0) is 19.0. The van der Waals surface area contributed by atoms with Gasteiger partial charge in [-0.2, -0.15) is 0 Å². The normalized spacial score (nSPS) is 16.3. The molecule has 0 saturated carbocycles. The molecule has 0 N–H and O–H groups in total. The summed E-state index contributed by atoms with van der Waals surface area (Å²) in [7, 11) is -3.58. The summed E-state index contributed by atoms with van der Waals surface area (Å²) in [5, 5.41) is 0.943. The van der Waals surface area contributed by atoms with Gasteiger partial charge in [0.2, 0.25) is 0 Å². The van der Waals surface area contributed by atoms with E-state index in [-0.39, 0.29) is 0 Å². The van der Waals surface area contributed by atoms with Crippen LogP contribution in [0.3, 0.4) is 0 Å². The molecule has 0 bridgehead atoms. The van der Waals surface area contributed by atoms with Crippen molar-refractivity contribution in [1.82, 2.24) is 8.87 Å². The van der Waals surface area contributed by atoms with Gasteiger partial charge in [-0.25, -0.2) is 12.4 Å². The van der Waals surface area contributed by atoms with Crippen LogP contribution < -0.4 is 4.90 Å². The molecule has 5 nitrogen and oxygen atoms in total. The second-order valence-corrected chi connectivity index (χ2v) is 9.10. The third-order valence-corrected chi connectivity index (χ3v) is 7.05. The summed E-state index contributed by atoms with van der Waals surface area (Å²) in [6.07, 6.45) is 1.65. The smallest absolute Gasteiger partial charge is 0.268 e. The SMILES string of the molecule is CC(C)N1CCN(c2ccc3c(ccn3S(=O)(=O)c3ccccc3)c2)CC1. The molecule has 0 aliphatic carbocycles. The zero-order valence-corrected chi connectivity index (χ0v) is 16.6. The summed E-state index contributed by atoms with van der Waals surface area (Å²) in [6, 6.07) is 17.1. The molecule has 0 unspecified atom stereocenters. The van der Waals surface area contributed by atoms with Crippen molar-refractivity contribution in [2.75, 3.05) is 31.1 Å². The second-order valence-electron chi connectivity index (χ2n) is 7.29. The van der Waals surface area contributed by atoms with Gasteiger partial charge in [-0.05, 0) is 50.2 Å². The number of aromatic nitrogens is 1. The molecule has 0 spiro atoms. The van der Waals surface area contributed by atoms with Crippen LogP contribution in [-0.4, -0.2) is 49.5 Å². The maximum atomic E-state index is 12.9. The van der Waals surface area contributed by atoms with E-state index in [1.165, 1.54) is 3.97 Å². The average Bonchev–Trinajstić information content (AvgIpc) is 3.13. The van der Waals surface area contributed by atoms with Gasteiger partial charge < -0.3 is 4.90 Å². The molecule has 0 amide bonds. The first-order valence-electron chi connectivity index (χ1n) is 9.37. The summed E-state index contributed by atoms with van der Waals surface area (Å²) in [5.41, 5.74) is 1.86. The molecule has 2 heterocycles. The van der Waals surface area contributed by atoms with Crippen molar-refractivity contribution >= 4 is 26.6 Å². The van der Waals surface area contributed by atoms with Crippen molar-refractivity contribution in [1.29, 1.82) is 0 Å². The topological polar surface area (TPSA) is 45.5 Å². The molecular weight excluding hydrogens is 358 g/mol. The highest BCUT2D eigenvalue weighted by Crippen LogP contribution is 2.27. The minimum absolute atomic E-state index is 0.302. The first-order chi connectivity index (χ1) is 13.0. The minimum atomic E-state index is -3.58. The Kier molecular flexibility index (Phi) is 4.70. The van der Waals surface area contributed by atoms with Crippen molar-refractivity contribution in [3.63, 3.8) is 0 Å². The van der Waals surface area contributed by atoms with E-state index >= 15 is 0 Å². The molecule has 4 rings (SSSR count). The fourth-order valence-electron chi connectivity index (χ4n) is 3.71. The van der Waals surface area contributed by atoms with Gasteiger partial charge in [0.15, 0.2) is 0 Å².